The Morgan fingerprint density at radius 3 is 1.92 bits per heavy atom. The first-order valence-electron chi connectivity index (χ1n) is 13.3. The Balaban J connectivity index is 1.54. The first kappa shape index (κ1) is 27.3. The Hall–Kier alpha value is -1.76. The van der Waals surface area contributed by atoms with Gasteiger partial charge in [0.15, 0.2) is 8.32 Å². The summed E-state index contributed by atoms with van der Waals surface area (Å²) >= 11 is 0. The zero-order chi connectivity index (χ0) is 26.0. The average molecular weight is 509 g/mol. The lowest BCUT2D eigenvalue weighted by Gasteiger charge is -2.59. The van der Waals surface area contributed by atoms with Crippen LogP contribution in [0.2, 0.25) is 18.1 Å². The molecule has 0 spiro atoms. The first-order valence-corrected chi connectivity index (χ1v) is 16.2. The molecular weight excluding hydrogens is 464 g/mol. The van der Waals surface area contributed by atoms with E-state index in [4.69, 9.17) is 13.9 Å². The number of aliphatic hydroxyl groups excluding tert-OH is 1. The van der Waals surface area contributed by atoms with Gasteiger partial charge >= 0.3 is 0 Å². The molecule has 0 heterocycles. The minimum absolute atomic E-state index is 0.0749. The number of fused-ring (bicyclic) bond motifs is 2. The fourth-order valence-electron chi connectivity index (χ4n) is 5.51. The summed E-state index contributed by atoms with van der Waals surface area (Å²) in [6.07, 6.45) is 3.71. The SMILES string of the molecule is CC(C)(C)[Si](C)(C)O[C@H]1[C@H]2C=C[C@](C)([C@H](COCc3ccccc3)[C@@H]2COCc2ccccc2)[C@H]1O. The number of hydrogen-bond acceptors (Lipinski definition) is 4. The van der Waals surface area contributed by atoms with Crippen LogP contribution in [0.15, 0.2) is 72.8 Å². The fourth-order valence-corrected chi connectivity index (χ4v) is 6.83. The number of hydrogen-bond donors (Lipinski definition) is 1. The van der Waals surface area contributed by atoms with Crippen molar-refractivity contribution in [2.24, 2.45) is 23.2 Å². The van der Waals surface area contributed by atoms with Crippen LogP contribution in [0.1, 0.15) is 38.8 Å². The Morgan fingerprint density at radius 2 is 1.39 bits per heavy atom. The topological polar surface area (TPSA) is 47.9 Å². The molecule has 196 valence electrons. The smallest absolute Gasteiger partial charge is 0.192 e. The van der Waals surface area contributed by atoms with Gasteiger partial charge in [0.1, 0.15) is 0 Å². The molecule has 2 bridgehead atoms. The van der Waals surface area contributed by atoms with Gasteiger partial charge in [0, 0.05) is 11.3 Å². The summed E-state index contributed by atoms with van der Waals surface area (Å²) in [4.78, 5) is 0. The number of benzene rings is 2. The molecule has 0 radical (unpaired) electrons. The van der Waals surface area contributed by atoms with Gasteiger partial charge in [0.2, 0.25) is 0 Å². The summed E-state index contributed by atoms with van der Waals surface area (Å²) in [6.45, 7) is 15.8. The lowest BCUT2D eigenvalue weighted by atomic mass is 9.52. The van der Waals surface area contributed by atoms with Gasteiger partial charge < -0.3 is 19.0 Å². The van der Waals surface area contributed by atoms with Crippen LogP contribution in [-0.4, -0.2) is 38.8 Å². The minimum Gasteiger partial charge on any atom is -0.411 e. The predicted molar refractivity (Wildman–Crippen MR) is 148 cm³/mol. The second-order valence-electron chi connectivity index (χ2n) is 12.4. The Labute approximate surface area is 218 Å². The van der Waals surface area contributed by atoms with Crippen LogP contribution >= 0.6 is 0 Å². The standard InChI is InChI=1S/C31H44O4Si/c1-30(2,3)36(5,6)35-28-25-17-18-31(4,29(28)32)27(22-34-20-24-15-11-8-12-16-24)26(25)21-33-19-23-13-9-7-10-14-23/h7-18,25-29,32H,19-22H2,1-6H3/t25-,26+,27+,28-,29-,31+/m0/s1. The molecule has 0 saturated heterocycles. The van der Waals surface area contributed by atoms with Gasteiger partial charge in [-0.3, -0.25) is 0 Å². The monoisotopic (exact) mass is 508 g/mol. The van der Waals surface area contributed by atoms with E-state index >= 15 is 0 Å². The van der Waals surface area contributed by atoms with Crippen molar-refractivity contribution in [2.75, 3.05) is 13.2 Å². The predicted octanol–water partition coefficient (Wildman–Crippen LogP) is 6.61. The quantitative estimate of drug-likeness (QED) is 0.290. The van der Waals surface area contributed by atoms with E-state index in [2.05, 4.69) is 77.2 Å². The normalized spacial score (nSPS) is 30.0. The third kappa shape index (κ3) is 5.71. The Morgan fingerprint density at radius 1 is 0.861 bits per heavy atom. The molecule has 5 rings (SSSR count). The summed E-state index contributed by atoms with van der Waals surface area (Å²) in [7, 11) is -2.08. The van der Waals surface area contributed by atoms with E-state index in [1.54, 1.807) is 0 Å². The molecule has 5 heteroatoms. The molecule has 2 aromatic rings. The molecule has 1 saturated carbocycles. The van der Waals surface area contributed by atoms with E-state index in [-0.39, 0.29) is 28.9 Å². The van der Waals surface area contributed by atoms with Gasteiger partial charge in [0.05, 0.1) is 38.6 Å². The van der Waals surface area contributed by atoms with Crippen molar-refractivity contribution in [1.29, 1.82) is 0 Å². The van der Waals surface area contributed by atoms with E-state index in [0.29, 0.717) is 26.4 Å². The van der Waals surface area contributed by atoms with Crippen molar-refractivity contribution < 1.29 is 19.0 Å². The highest BCUT2D eigenvalue weighted by atomic mass is 28.4. The van der Waals surface area contributed by atoms with Crippen molar-refractivity contribution in [1.82, 2.24) is 0 Å². The molecule has 0 amide bonds. The summed E-state index contributed by atoms with van der Waals surface area (Å²) in [5, 5.41) is 11.8. The van der Waals surface area contributed by atoms with Crippen LogP contribution in [-0.2, 0) is 27.1 Å². The lowest BCUT2D eigenvalue weighted by Crippen LogP contribution is -2.64. The van der Waals surface area contributed by atoms with Gasteiger partial charge in [-0.2, -0.15) is 0 Å². The number of rotatable bonds is 10. The van der Waals surface area contributed by atoms with Crippen molar-refractivity contribution in [3.8, 4) is 0 Å². The van der Waals surface area contributed by atoms with E-state index in [9.17, 15) is 5.11 Å². The van der Waals surface area contributed by atoms with Crippen molar-refractivity contribution in [3.05, 3.63) is 83.9 Å². The zero-order valence-corrected chi connectivity index (χ0v) is 23.8. The molecule has 6 atom stereocenters. The van der Waals surface area contributed by atoms with Gasteiger partial charge in [-0.15, -0.1) is 0 Å². The van der Waals surface area contributed by atoms with Crippen LogP contribution in [0.4, 0.5) is 0 Å². The van der Waals surface area contributed by atoms with Gasteiger partial charge in [-0.25, -0.2) is 0 Å². The number of aliphatic hydroxyl groups is 1. The van der Waals surface area contributed by atoms with Crippen LogP contribution in [0.25, 0.3) is 0 Å². The van der Waals surface area contributed by atoms with Crippen LogP contribution in [0.3, 0.4) is 0 Å². The van der Waals surface area contributed by atoms with E-state index in [0.717, 1.165) is 5.56 Å². The van der Waals surface area contributed by atoms with Gasteiger partial charge in [0.25, 0.3) is 0 Å². The second kappa shape index (κ2) is 10.9. The molecule has 4 nitrogen and oxygen atoms in total. The average Bonchev–Trinajstić information content (AvgIpc) is 2.84. The highest BCUT2D eigenvalue weighted by molar-refractivity contribution is 6.74. The number of ether oxygens (including phenoxy) is 2. The second-order valence-corrected chi connectivity index (χ2v) is 17.1. The maximum atomic E-state index is 11.7. The molecule has 1 fully saturated rings. The van der Waals surface area contributed by atoms with E-state index in [1.165, 1.54) is 5.56 Å². The first-order chi connectivity index (χ1) is 17.0. The lowest BCUT2D eigenvalue weighted by molar-refractivity contribution is -0.172. The fraction of sp³-hybridized carbons (Fsp3) is 0.548. The maximum absolute atomic E-state index is 11.7. The Kier molecular flexibility index (Phi) is 8.28. The molecule has 1 N–H and O–H groups in total. The zero-order valence-electron chi connectivity index (χ0n) is 22.8. The van der Waals surface area contributed by atoms with Crippen molar-refractivity contribution in [2.45, 2.75) is 71.2 Å². The highest BCUT2D eigenvalue weighted by Crippen LogP contribution is 2.55. The molecule has 2 aromatic carbocycles. The summed E-state index contributed by atoms with van der Waals surface area (Å²) in [5.41, 5.74) is 1.90. The van der Waals surface area contributed by atoms with E-state index < -0.39 is 19.8 Å². The molecule has 3 aliphatic carbocycles. The molecule has 0 aliphatic heterocycles. The third-order valence-electron chi connectivity index (χ3n) is 8.88. The molecule has 36 heavy (non-hydrogen) atoms. The minimum atomic E-state index is -2.08. The third-order valence-corrected chi connectivity index (χ3v) is 13.4. The van der Waals surface area contributed by atoms with Crippen LogP contribution < -0.4 is 0 Å². The van der Waals surface area contributed by atoms with Gasteiger partial charge in [-0.1, -0.05) is 101 Å². The summed E-state index contributed by atoms with van der Waals surface area (Å²) in [5.74, 6) is 0.441. The van der Waals surface area contributed by atoms with Gasteiger partial charge in [-0.05, 0) is 41.1 Å². The van der Waals surface area contributed by atoms with Crippen LogP contribution in [0.5, 0.6) is 0 Å². The van der Waals surface area contributed by atoms with Crippen molar-refractivity contribution in [3.63, 3.8) is 0 Å². The Bertz CT molecular complexity index is 1000. The molecule has 0 aromatic heterocycles. The molecule has 3 aliphatic rings. The van der Waals surface area contributed by atoms with Crippen LogP contribution in [0, 0.1) is 23.2 Å². The molecule has 0 unspecified atom stereocenters. The largest absolute Gasteiger partial charge is 0.411 e. The maximum Gasteiger partial charge on any atom is 0.192 e. The summed E-state index contributed by atoms with van der Waals surface area (Å²) in [6, 6.07) is 20.6. The molecular formula is C31H44O4Si. The van der Waals surface area contributed by atoms with E-state index in [1.807, 2.05) is 36.4 Å². The summed E-state index contributed by atoms with van der Waals surface area (Å²) < 4.78 is 19.5. The van der Waals surface area contributed by atoms with Crippen molar-refractivity contribution >= 4 is 8.32 Å². The highest BCUT2D eigenvalue weighted by Gasteiger charge is 2.59.